The first-order valence-corrected chi connectivity index (χ1v) is 10.9. The summed E-state index contributed by atoms with van der Waals surface area (Å²) in [6.45, 7) is 1.58. The second kappa shape index (κ2) is 9.92. The topological polar surface area (TPSA) is 61.9 Å². The Labute approximate surface area is 196 Å². The number of nitrogens with one attached hydrogen (secondary N) is 1. The van der Waals surface area contributed by atoms with Gasteiger partial charge in [-0.3, -0.25) is 9.69 Å². The lowest BCUT2D eigenvalue weighted by molar-refractivity contribution is 0.102. The first-order valence-electron chi connectivity index (χ1n) is 10.5. The molecule has 3 aromatic carbocycles. The van der Waals surface area contributed by atoms with Crippen LogP contribution in [0.3, 0.4) is 0 Å². The molecule has 0 unspecified atom stereocenters. The Morgan fingerprint density at radius 1 is 1.09 bits per heavy atom. The standard InChI is InChI=1S/C25H23ClFN3O3/c1-33-23-10-9-21(28-24(31)18-6-3-8-20(27)14-18)15-22(23)30-12-4-11-29(25(30)32)16-17-5-2-7-19(26)13-17/h2-3,5-10,13-15H,4,11-12,16H2,1H3,(H,28,31). The summed E-state index contributed by atoms with van der Waals surface area (Å²) in [7, 11) is 1.53. The van der Waals surface area contributed by atoms with Crippen molar-refractivity contribution in [1.29, 1.82) is 0 Å². The number of methoxy groups -OCH3 is 1. The maximum atomic E-state index is 13.5. The van der Waals surface area contributed by atoms with E-state index in [9.17, 15) is 14.0 Å². The molecule has 170 valence electrons. The minimum Gasteiger partial charge on any atom is -0.495 e. The Balaban J connectivity index is 1.56. The van der Waals surface area contributed by atoms with E-state index in [4.69, 9.17) is 16.3 Å². The van der Waals surface area contributed by atoms with Crippen LogP contribution in [0.5, 0.6) is 5.75 Å². The predicted molar refractivity (Wildman–Crippen MR) is 127 cm³/mol. The molecular weight excluding hydrogens is 445 g/mol. The normalized spacial score (nSPS) is 13.7. The molecule has 0 spiro atoms. The van der Waals surface area contributed by atoms with Crippen LogP contribution < -0.4 is 15.0 Å². The van der Waals surface area contributed by atoms with Crippen LogP contribution in [0.15, 0.2) is 66.7 Å². The lowest BCUT2D eigenvalue weighted by Gasteiger charge is -2.36. The van der Waals surface area contributed by atoms with E-state index < -0.39 is 11.7 Å². The second-order valence-electron chi connectivity index (χ2n) is 7.69. The average molecular weight is 468 g/mol. The Hall–Kier alpha value is -3.58. The van der Waals surface area contributed by atoms with Gasteiger partial charge in [-0.2, -0.15) is 0 Å². The second-order valence-corrected chi connectivity index (χ2v) is 8.13. The highest BCUT2D eigenvalue weighted by atomic mass is 35.5. The highest BCUT2D eigenvalue weighted by molar-refractivity contribution is 6.30. The van der Waals surface area contributed by atoms with Crippen molar-refractivity contribution in [3.63, 3.8) is 0 Å². The maximum absolute atomic E-state index is 13.5. The van der Waals surface area contributed by atoms with Gasteiger partial charge in [0.15, 0.2) is 0 Å². The van der Waals surface area contributed by atoms with E-state index in [0.29, 0.717) is 41.8 Å². The first kappa shape index (κ1) is 22.6. The number of hydrogen-bond acceptors (Lipinski definition) is 3. The number of amides is 3. The van der Waals surface area contributed by atoms with E-state index >= 15 is 0 Å². The number of ether oxygens (including phenoxy) is 1. The SMILES string of the molecule is COc1ccc(NC(=O)c2cccc(F)c2)cc1N1CCCN(Cc2cccc(Cl)c2)C1=O. The number of carbonyl (C=O) groups excluding carboxylic acids is 2. The summed E-state index contributed by atoms with van der Waals surface area (Å²) in [6.07, 6.45) is 0.773. The first-order chi connectivity index (χ1) is 15.9. The van der Waals surface area contributed by atoms with Gasteiger partial charge in [0, 0.05) is 35.9 Å². The zero-order valence-corrected chi connectivity index (χ0v) is 18.8. The van der Waals surface area contributed by atoms with Crippen molar-refractivity contribution >= 4 is 34.9 Å². The predicted octanol–water partition coefficient (Wildman–Crippen LogP) is 5.57. The van der Waals surface area contributed by atoms with Gasteiger partial charge in [0.05, 0.1) is 12.8 Å². The molecule has 3 amide bonds. The molecule has 6 nitrogen and oxygen atoms in total. The van der Waals surface area contributed by atoms with Gasteiger partial charge in [0.25, 0.3) is 5.91 Å². The molecule has 1 fully saturated rings. The Morgan fingerprint density at radius 3 is 2.67 bits per heavy atom. The third kappa shape index (κ3) is 5.26. The molecule has 0 atom stereocenters. The minimum atomic E-state index is -0.489. The molecule has 1 N–H and O–H groups in total. The number of nitrogens with zero attached hydrogens (tertiary/aromatic N) is 2. The summed E-state index contributed by atoms with van der Waals surface area (Å²) in [5.41, 5.74) is 2.17. The van der Waals surface area contributed by atoms with Crippen LogP contribution in [0.1, 0.15) is 22.3 Å². The quantitative estimate of drug-likeness (QED) is 0.515. The van der Waals surface area contributed by atoms with E-state index in [2.05, 4.69) is 5.32 Å². The smallest absolute Gasteiger partial charge is 0.324 e. The lowest BCUT2D eigenvalue weighted by atomic mass is 10.1. The minimum absolute atomic E-state index is 0.159. The molecule has 0 aliphatic carbocycles. The van der Waals surface area contributed by atoms with Crippen molar-refractivity contribution in [2.24, 2.45) is 0 Å². The largest absolute Gasteiger partial charge is 0.495 e. The summed E-state index contributed by atoms with van der Waals surface area (Å²) in [4.78, 5) is 29.3. The van der Waals surface area contributed by atoms with Crippen molar-refractivity contribution in [3.8, 4) is 5.75 Å². The molecule has 1 aliphatic heterocycles. The number of benzene rings is 3. The van der Waals surface area contributed by atoms with Gasteiger partial charge in [-0.1, -0.05) is 29.8 Å². The molecule has 3 aromatic rings. The van der Waals surface area contributed by atoms with Gasteiger partial charge < -0.3 is 15.0 Å². The summed E-state index contributed by atoms with van der Waals surface area (Å²) in [5.74, 6) is -0.424. The fraction of sp³-hybridized carbons (Fsp3) is 0.200. The Kier molecular flexibility index (Phi) is 6.79. The van der Waals surface area contributed by atoms with E-state index in [-0.39, 0.29) is 11.6 Å². The molecule has 1 aliphatic rings. The van der Waals surface area contributed by atoms with Crippen molar-refractivity contribution in [3.05, 3.63) is 88.7 Å². The molecule has 1 saturated heterocycles. The van der Waals surface area contributed by atoms with Crippen molar-refractivity contribution < 1.29 is 18.7 Å². The lowest BCUT2D eigenvalue weighted by Crippen LogP contribution is -2.49. The molecule has 4 rings (SSSR count). The monoisotopic (exact) mass is 467 g/mol. The molecule has 0 radical (unpaired) electrons. The molecule has 8 heteroatoms. The summed E-state index contributed by atoms with van der Waals surface area (Å²) >= 11 is 6.09. The Morgan fingerprint density at radius 2 is 1.91 bits per heavy atom. The zero-order valence-electron chi connectivity index (χ0n) is 18.1. The van der Waals surface area contributed by atoms with Crippen LogP contribution in [-0.2, 0) is 6.54 Å². The fourth-order valence-electron chi connectivity index (χ4n) is 3.82. The summed E-state index contributed by atoms with van der Waals surface area (Å²) in [5, 5.41) is 3.38. The van der Waals surface area contributed by atoms with Crippen LogP contribution in [-0.4, -0.2) is 37.0 Å². The van der Waals surface area contributed by atoms with Gasteiger partial charge in [0.1, 0.15) is 11.6 Å². The van der Waals surface area contributed by atoms with Crippen LogP contribution in [0.25, 0.3) is 0 Å². The van der Waals surface area contributed by atoms with Crippen molar-refractivity contribution in [2.75, 3.05) is 30.4 Å². The van der Waals surface area contributed by atoms with Crippen LogP contribution in [0.4, 0.5) is 20.6 Å². The molecular formula is C25H23ClFN3O3. The number of rotatable bonds is 6. The third-order valence-corrected chi connectivity index (χ3v) is 5.62. The van der Waals surface area contributed by atoms with Crippen LogP contribution in [0.2, 0.25) is 5.02 Å². The Bertz CT molecular complexity index is 1190. The molecule has 0 saturated carbocycles. The number of hydrogen-bond donors (Lipinski definition) is 1. The van der Waals surface area contributed by atoms with Crippen molar-refractivity contribution in [1.82, 2.24) is 4.90 Å². The average Bonchev–Trinajstić information content (AvgIpc) is 2.80. The van der Waals surface area contributed by atoms with Gasteiger partial charge in [-0.15, -0.1) is 0 Å². The van der Waals surface area contributed by atoms with E-state index in [1.165, 1.54) is 31.4 Å². The molecule has 1 heterocycles. The fourth-order valence-corrected chi connectivity index (χ4v) is 4.03. The van der Waals surface area contributed by atoms with Crippen molar-refractivity contribution in [2.45, 2.75) is 13.0 Å². The summed E-state index contributed by atoms with van der Waals surface area (Å²) in [6, 6.07) is 17.8. The molecule has 0 aromatic heterocycles. The maximum Gasteiger partial charge on any atom is 0.324 e. The number of urea groups is 1. The highest BCUT2D eigenvalue weighted by Gasteiger charge is 2.29. The van der Waals surface area contributed by atoms with Gasteiger partial charge in [0.2, 0.25) is 0 Å². The number of carbonyl (C=O) groups is 2. The van der Waals surface area contributed by atoms with E-state index in [0.717, 1.165) is 12.0 Å². The van der Waals surface area contributed by atoms with E-state index in [1.54, 1.807) is 34.1 Å². The van der Waals surface area contributed by atoms with Gasteiger partial charge >= 0.3 is 6.03 Å². The number of anilines is 2. The highest BCUT2D eigenvalue weighted by Crippen LogP contribution is 2.34. The van der Waals surface area contributed by atoms with Crippen LogP contribution >= 0.6 is 11.6 Å². The molecule has 0 bridgehead atoms. The van der Waals surface area contributed by atoms with E-state index in [1.807, 2.05) is 18.2 Å². The number of halogens is 2. The zero-order chi connectivity index (χ0) is 23.4. The third-order valence-electron chi connectivity index (χ3n) is 5.39. The van der Waals surface area contributed by atoms with Gasteiger partial charge in [-0.05, 0) is 60.5 Å². The van der Waals surface area contributed by atoms with Crippen LogP contribution in [0, 0.1) is 5.82 Å². The summed E-state index contributed by atoms with van der Waals surface area (Å²) < 4.78 is 19.0. The van der Waals surface area contributed by atoms with Gasteiger partial charge in [-0.25, -0.2) is 9.18 Å². The molecule has 33 heavy (non-hydrogen) atoms.